The van der Waals surface area contributed by atoms with Crippen LogP contribution in [0.3, 0.4) is 0 Å². The number of pyridine rings is 1. The van der Waals surface area contributed by atoms with Crippen molar-refractivity contribution in [3.05, 3.63) is 69.6 Å². The van der Waals surface area contributed by atoms with Crippen LogP contribution in [0.15, 0.2) is 47.4 Å². The van der Waals surface area contributed by atoms with Gasteiger partial charge in [-0.3, -0.25) is 14.4 Å². The highest BCUT2D eigenvalue weighted by atomic mass is 16.4. The van der Waals surface area contributed by atoms with Gasteiger partial charge in [-0.25, -0.2) is 0 Å². The molecule has 1 unspecified atom stereocenters. The van der Waals surface area contributed by atoms with Gasteiger partial charge in [0.05, 0.1) is 12.5 Å². The number of carboxylic acid groups (broad SMARTS) is 1. The third-order valence-corrected chi connectivity index (χ3v) is 4.23. The molecule has 0 aliphatic rings. The predicted molar refractivity (Wildman–Crippen MR) is 99.3 cm³/mol. The minimum Gasteiger partial charge on any atom is -0.481 e. The summed E-state index contributed by atoms with van der Waals surface area (Å²) in [6.07, 6.45) is 1.26. The lowest BCUT2D eigenvalue weighted by Crippen LogP contribution is -2.31. The molecule has 2 N–H and O–H groups in total. The fraction of sp³-hybridized carbons (Fsp3) is 0.350. The third kappa shape index (κ3) is 4.81. The van der Waals surface area contributed by atoms with Crippen LogP contribution in [0.4, 0.5) is 0 Å². The van der Waals surface area contributed by atoms with Gasteiger partial charge in [0.15, 0.2) is 0 Å². The fourth-order valence-corrected chi connectivity index (χ4v) is 2.57. The molecule has 2 rings (SSSR count). The normalized spacial score (nSPS) is 12.5. The average molecular weight is 356 g/mol. The zero-order valence-electron chi connectivity index (χ0n) is 15.4. The lowest BCUT2D eigenvalue weighted by molar-refractivity contribution is -0.137. The Hall–Kier alpha value is -2.89. The van der Waals surface area contributed by atoms with Crippen molar-refractivity contribution in [1.29, 1.82) is 0 Å². The molecule has 1 amide bonds. The predicted octanol–water partition coefficient (Wildman–Crippen LogP) is 2.63. The molecule has 26 heavy (non-hydrogen) atoms. The van der Waals surface area contributed by atoms with Gasteiger partial charge in [-0.15, -0.1) is 0 Å². The SMILES string of the molecule is Cn1ccc(C(=O)NC(CC(=O)O)c2ccc(C(C)(C)C)cc2)cc1=O. The molecular formula is C20H24N2O4. The van der Waals surface area contributed by atoms with E-state index in [1.165, 1.54) is 22.9 Å². The van der Waals surface area contributed by atoms with Crippen LogP contribution in [0.25, 0.3) is 0 Å². The van der Waals surface area contributed by atoms with Crippen LogP contribution in [0, 0.1) is 0 Å². The van der Waals surface area contributed by atoms with E-state index in [2.05, 4.69) is 26.1 Å². The summed E-state index contributed by atoms with van der Waals surface area (Å²) < 4.78 is 1.36. The fourth-order valence-electron chi connectivity index (χ4n) is 2.57. The number of hydrogen-bond donors (Lipinski definition) is 2. The van der Waals surface area contributed by atoms with E-state index in [0.717, 1.165) is 5.56 Å². The van der Waals surface area contributed by atoms with E-state index >= 15 is 0 Å². The molecule has 0 aliphatic carbocycles. The van der Waals surface area contributed by atoms with Crippen LogP contribution in [-0.2, 0) is 17.3 Å². The summed E-state index contributed by atoms with van der Waals surface area (Å²) in [5, 5.41) is 11.9. The topological polar surface area (TPSA) is 88.4 Å². The molecule has 6 heteroatoms. The number of benzene rings is 1. The maximum Gasteiger partial charge on any atom is 0.305 e. The van der Waals surface area contributed by atoms with Crippen LogP contribution in [-0.4, -0.2) is 21.6 Å². The second-order valence-electron chi connectivity index (χ2n) is 7.36. The van der Waals surface area contributed by atoms with Gasteiger partial charge in [0.1, 0.15) is 0 Å². The number of amides is 1. The molecule has 0 radical (unpaired) electrons. The van der Waals surface area contributed by atoms with Crippen molar-refractivity contribution in [3.8, 4) is 0 Å². The zero-order valence-corrected chi connectivity index (χ0v) is 15.4. The second kappa shape index (κ2) is 7.56. The van der Waals surface area contributed by atoms with Gasteiger partial charge in [0.25, 0.3) is 11.5 Å². The summed E-state index contributed by atoms with van der Waals surface area (Å²) in [7, 11) is 1.59. The van der Waals surface area contributed by atoms with Crippen molar-refractivity contribution < 1.29 is 14.7 Å². The quantitative estimate of drug-likeness (QED) is 0.862. The highest BCUT2D eigenvalue weighted by molar-refractivity contribution is 5.94. The van der Waals surface area contributed by atoms with Crippen LogP contribution >= 0.6 is 0 Å². The number of aromatic nitrogens is 1. The van der Waals surface area contributed by atoms with Crippen molar-refractivity contribution in [3.63, 3.8) is 0 Å². The Morgan fingerprint density at radius 3 is 2.27 bits per heavy atom. The Labute approximate surface area is 152 Å². The first-order valence-electron chi connectivity index (χ1n) is 8.37. The molecule has 1 heterocycles. The van der Waals surface area contributed by atoms with Crippen molar-refractivity contribution >= 4 is 11.9 Å². The number of rotatable bonds is 5. The molecule has 2 aromatic rings. The van der Waals surface area contributed by atoms with E-state index < -0.39 is 17.9 Å². The highest BCUT2D eigenvalue weighted by Crippen LogP contribution is 2.25. The molecule has 0 aliphatic heterocycles. The van der Waals surface area contributed by atoms with Crippen LogP contribution < -0.4 is 10.9 Å². The summed E-state index contributed by atoms with van der Waals surface area (Å²) in [5.74, 6) is -1.49. The average Bonchev–Trinajstić information content (AvgIpc) is 2.55. The minimum atomic E-state index is -1.01. The Balaban J connectivity index is 2.26. The number of carboxylic acids is 1. The van der Waals surface area contributed by atoms with Gasteiger partial charge in [-0.2, -0.15) is 0 Å². The van der Waals surface area contributed by atoms with Crippen molar-refractivity contribution in [2.75, 3.05) is 0 Å². The third-order valence-electron chi connectivity index (χ3n) is 4.23. The molecule has 0 spiro atoms. The minimum absolute atomic E-state index is 0.0197. The standard InChI is InChI=1S/C20H24N2O4/c1-20(2,3)15-7-5-13(6-8-15)16(12-18(24)25)21-19(26)14-9-10-22(4)17(23)11-14/h5-11,16H,12H2,1-4H3,(H,21,26)(H,24,25). The molecular weight excluding hydrogens is 332 g/mol. The summed E-state index contributed by atoms with van der Waals surface area (Å²) in [6.45, 7) is 6.28. The zero-order chi connectivity index (χ0) is 19.5. The maximum atomic E-state index is 12.4. The number of nitrogens with one attached hydrogen (secondary N) is 1. The smallest absolute Gasteiger partial charge is 0.305 e. The van der Waals surface area contributed by atoms with E-state index in [0.29, 0.717) is 5.56 Å². The van der Waals surface area contributed by atoms with Gasteiger partial charge >= 0.3 is 5.97 Å². The van der Waals surface area contributed by atoms with E-state index in [-0.39, 0.29) is 23.0 Å². The first kappa shape index (κ1) is 19.4. The van der Waals surface area contributed by atoms with Crippen LogP contribution in [0.5, 0.6) is 0 Å². The monoisotopic (exact) mass is 356 g/mol. The summed E-state index contributed by atoms with van der Waals surface area (Å²) >= 11 is 0. The molecule has 1 atom stereocenters. The molecule has 138 valence electrons. The highest BCUT2D eigenvalue weighted by Gasteiger charge is 2.20. The number of hydrogen-bond acceptors (Lipinski definition) is 3. The van der Waals surface area contributed by atoms with Gasteiger partial charge in [0, 0.05) is 24.9 Å². The van der Waals surface area contributed by atoms with E-state index in [1.54, 1.807) is 7.05 Å². The molecule has 0 saturated heterocycles. The Kier molecular flexibility index (Phi) is 5.65. The number of nitrogens with zero attached hydrogens (tertiary/aromatic N) is 1. The van der Waals surface area contributed by atoms with Crippen molar-refractivity contribution in [2.45, 2.75) is 38.6 Å². The summed E-state index contributed by atoms with van der Waals surface area (Å²) in [5.41, 5.74) is 1.70. The summed E-state index contributed by atoms with van der Waals surface area (Å²) in [4.78, 5) is 35.4. The summed E-state index contributed by atoms with van der Waals surface area (Å²) in [6, 6.07) is 9.62. The van der Waals surface area contributed by atoms with Gasteiger partial charge < -0.3 is 15.0 Å². The molecule has 1 aromatic carbocycles. The van der Waals surface area contributed by atoms with Gasteiger partial charge in [-0.1, -0.05) is 45.0 Å². The Morgan fingerprint density at radius 1 is 1.15 bits per heavy atom. The Bertz CT molecular complexity index is 861. The van der Waals surface area contributed by atoms with E-state index in [4.69, 9.17) is 0 Å². The van der Waals surface area contributed by atoms with Gasteiger partial charge in [0.2, 0.25) is 0 Å². The number of aliphatic carboxylic acids is 1. The largest absolute Gasteiger partial charge is 0.481 e. The molecule has 0 bridgehead atoms. The molecule has 6 nitrogen and oxygen atoms in total. The first-order chi connectivity index (χ1) is 12.1. The lowest BCUT2D eigenvalue weighted by atomic mass is 9.86. The number of carbonyl (C=O) groups is 2. The number of aryl methyl sites for hydroxylation is 1. The second-order valence-corrected chi connectivity index (χ2v) is 7.36. The van der Waals surface area contributed by atoms with Gasteiger partial charge in [-0.05, 0) is 22.6 Å². The van der Waals surface area contributed by atoms with Crippen LogP contribution in [0.2, 0.25) is 0 Å². The molecule has 1 aromatic heterocycles. The Morgan fingerprint density at radius 2 is 1.77 bits per heavy atom. The van der Waals surface area contributed by atoms with Crippen LogP contribution in [0.1, 0.15) is 54.7 Å². The maximum absolute atomic E-state index is 12.4. The molecule has 0 saturated carbocycles. The first-order valence-corrected chi connectivity index (χ1v) is 8.37. The van der Waals surface area contributed by atoms with E-state index in [9.17, 15) is 19.5 Å². The molecule has 0 fully saturated rings. The van der Waals surface area contributed by atoms with E-state index in [1.807, 2.05) is 24.3 Å². The van der Waals surface area contributed by atoms with Crippen molar-refractivity contribution in [1.82, 2.24) is 9.88 Å². The number of carbonyl (C=O) groups excluding carboxylic acids is 1. The lowest BCUT2D eigenvalue weighted by Gasteiger charge is -2.22. The van der Waals surface area contributed by atoms with Crippen molar-refractivity contribution in [2.24, 2.45) is 7.05 Å².